The zero-order chi connectivity index (χ0) is 24.0. The highest BCUT2D eigenvalue weighted by molar-refractivity contribution is 6.09. The van der Waals surface area contributed by atoms with E-state index in [1.54, 1.807) is 11.0 Å². The molecular weight excluding hydrogens is 448 g/mol. The normalized spacial score (nSPS) is 23.9. The van der Waals surface area contributed by atoms with Gasteiger partial charge in [0.25, 0.3) is 5.91 Å². The van der Waals surface area contributed by atoms with Gasteiger partial charge in [-0.05, 0) is 55.7 Å². The molecule has 0 spiro atoms. The fraction of sp³-hybridized carbons (Fsp3) is 0.375. The number of hydrogen-bond donors (Lipinski definition) is 1. The van der Waals surface area contributed by atoms with Gasteiger partial charge in [-0.1, -0.05) is 6.07 Å². The Morgan fingerprint density at radius 3 is 2.68 bits per heavy atom. The van der Waals surface area contributed by atoms with Crippen molar-refractivity contribution in [3.05, 3.63) is 59.2 Å². The number of fused-ring (bicyclic) bond motifs is 1. The van der Waals surface area contributed by atoms with E-state index in [9.17, 15) is 23.2 Å². The molecule has 0 unspecified atom stereocenters. The van der Waals surface area contributed by atoms with Crippen LogP contribution in [-0.4, -0.2) is 53.9 Å². The van der Waals surface area contributed by atoms with E-state index >= 15 is 0 Å². The summed E-state index contributed by atoms with van der Waals surface area (Å²) in [7, 11) is 0. The van der Waals surface area contributed by atoms with Crippen molar-refractivity contribution in [2.75, 3.05) is 26.3 Å². The Balaban J connectivity index is 1.35. The second-order valence-electron chi connectivity index (χ2n) is 8.72. The highest BCUT2D eigenvalue weighted by Gasteiger charge is 2.51. The average molecular weight is 471 g/mol. The number of halogens is 2. The van der Waals surface area contributed by atoms with E-state index in [2.05, 4.69) is 5.32 Å². The first kappa shape index (κ1) is 22.1. The van der Waals surface area contributed by atoms with Crippen molar-refractivity contribution in [2.45, 2.75) is 31.3 Å². The van der Waals surface area contributed by atoms with Crippen LogP contribution in [0.25, 0.3) is 0 Å². The highest BCUT2D eigenvalue weighted by Crippen LogP contribution is 2.38. The number of benzene rings is 2. The molecule has 8 nitrogen and oxygen atoms in total. The molecule has 1 N–H and O–H groups in total. The van der Waals surface area contributed by atoms with Gasteiger partial charge in [0.05, 0.1) is 6.04 Å². The maximum absolute atomic E-state index is 14.4. The second kappa shape index (κ2) is 8.27. The number of likely N-dealkylation sites (tertiary alicyclic amines) is 1. The molecule has 2 saturated heterocycles. The summed E-state index contributed by atoms with van der Waals surface area (Å²) >= 11 is 0. The molecule has 34 heavy (non-hydrogen) atoms. The predicted octanol–water partition coefficient (Wildman–Crippen LogP) is 2.87. The van der Waals surface area contributed by atoms with Crippen LogP contribution in [0.3, 0.4) is 0 Å². The molecule has 5 rings (SSSR count). The van der Waals surface area contributed by atoms with Crippen LogP contribution in [-0.2, 0) is 15.1 Å². The molecule has 3 aliphatic heterocycles. The molecule has 0 aliphatic carbocycles. The number of nitrogens with one attached hydrogen (secondary N) is 1. The summed E-state index contributed by atoms with van der Waals surface area (Å²) in [4.78, 5) is 41.3. The monoisotopic (exact) mass is 471 g/mol. The van der Waals surface area contributed by atoms with Crippen LogP contribution in [0, 0.1) is 11.6 Å². The SMILES string of the molecule is C[C@]1(c2cc(F)ccc2F)NC(=O)N(CC(=O)N2CCC[C@@H]2c2ccc3c(c2)OCCO3)C1=O. The molecule has 0 saturated carbocycles. The smallest absolute Gasteiger partial charge is 0.325 e. The van der Waals surface area contributed by atoms with Crippen LogP contribution >= 0.6 is 0 Å². The maximum atomic E-state index is 14.4. The van der Waals surface area contributed by atoms with Crippen molar-refractivity contribution < 1.29 is 32.6 Å². The summed E-state index contributed by atoms with van der Waals surface area (Å²) in [5, 5.41) is 2.42. The van der Waals surface area contributed by atoms with Crippen molar-refractivity contribution in [1.29, 1.82) is 0 Å². The first-order chi connectivity index (χ1) is 16.3. The highest BCUT2D eigenvalue weighted by atomic mass is 19.1. The number of carbonyl (C=O) groups is 3. The van der Waals surface area contributed by atoms with E-state index in [0.717, 1.165) is 41.5 Å². The van der Waals surface area contributed by atoms with Gasteiger partial charge >= 0.3 is 6.03 Å². The van der Waals surface area contributed by atoms with Gasteiger partial charge in [0.15, 0.2) is 11.5 Å². The molecule has 0 aromatic heterocycles. The van der Waals surface area contributed by atoms with Gasteiger partial charge in [-0.2, -0.15) is 0 Å². The van der Waals surface area contributed by atoms with Crippen molar-refractivity contribution in [3.63, 3.8) is 0 Å². The summed E-state index contributed by atoms with van der Waals surface area (Å²) in [6.07, 6.45) is 1.48. The Labute approximate surface area is 194 Å². The summed E-state index contributed by atoms with van der Waals surface area (Å²) < 4.78 is 39.3. The first-order valence-corrected chi connectivity index (χ1v) is 11.1. The van der Waals surface area contributed by atoms with Crippen molar-refractivity contribution in [2.24, 2.45) is 0 Å². The minimum Gasteiger partial charge on any atom is -0.486 e. The molecule has 2 atom stereocenters. The van der Waals surface area contributed by atoms with Crippen LogP contribution in [0.2, 0.25) is 0 Å². The van der Waals surface area contributed by atoms with Gasteiger partial charge in [0.1, 0.15) is 36.9 Å². The molecule has 10 heteroatoms. The first-order valence-electron chi connectivity index (χ1n) is 11.1. The number of ether oxygens (including phenoxy) is 2. The Kier molecular flexibility index (Phi) is 5.38. The molecular formula is C24H23F2N3O5. The van der Waals surface area contributed by atoms with Gasteiger partial charge in [0.2, 0.25) is 5.91 Å². The third-order valence-corrected chi connectivity index (χ3v) is 6.56. The van der Waals surface area contributed by atoms with E-state index in [-0.39, 0.29) is 11.6 Å². The van der Waals surface area contributed by atoms with E-state index in [0.29, 0.717) is 31.3 Å². The average Bonchev–Trinajstić information content (AvgIpc) is 3.40. The van der Waals surface area contributed by atoms with Crippen molar-refractivity contribution in [1.82, 2.24) is 15.1 Å². The van der Waals surface area contributed by atoms with E-state index in [1.807, 2.05) is 12.1 Å². The minimum atomic E-state index is -1.82. The summed E-state index contributed by atoms with van der Waals surface area (Å²) in [5.74, 6) is -1.54. The van der Waals surface area contributed by atoms with Crippen LogP contribution in [0.4, 0.5) is 13.6 Å². The van der Waals surface area contributed by atoms with Crippen molar-refractivity contribution in [3.8, 4) is 11.5 Å². The van der Waals surface area contributed by atoms with Gasteiger partial charge in [-0.25, -0.2) is 13.6 Å². The van der Waals surface area contributed by atoms with Gasteiger partial charge in [-0.3, -0.25) is 14.5 Å². The minimum absolute atomic E-state index is 0.240. The summed E-state index contributed by atoms with van der Waals surface area (Å²) in [6, 6.07) is 7.15. The summed E-state index contributed by atoms with van der Waals surface area (Å²) in [6.45, 7) is 2.18. The number of imide groups is 1. The topological polar surface area (TPSA) is 88.2 Å². The lowest BCUT2D eigenvalue weighted by Gasteiger charge is -2.28. The standard InChI is InChI=1S/C24H23F2N3O5/c1-24(16-12-15(25)5-6-17(16)26)22(31)29(23(32)27-24)13-21(30)28-8-2-3-18(28)14-4-7-19-20(11-14)34-10-9-33-19/h4-7,11-12,18H,2-3,8-10,13H2,1H3,(H,27,32)/t18-,24-/m1/s1. The maximum Gasteiger partial charge on any atom is 0.325 e. The molecule has 4 amide bonds. The zero-order valence-corrected chi connectivity index (χ0v) is 18.5. The molecule has 0 bridgehead atoms. The number of amides is 4. The molecule has 2 fully saturated rings. The quantitative estimate of drug-likeness (QED) is 0.693. The van der Waals surface area contributed by atoms with Crippen LogP contribution in [0.5, 0.6) is 11.5 Å². The van der Waals surface area contributed by atoms with Crippen LogP contribution in [0.15, 0.2) is 36.4 Å². The Morgan fingerprint density at radius 2 is 1.88 bits per heavy atom. The van der Waals surface area contributed by atoms with E-state index < -0.39 is 41.6 Å². The fourth-order valence-electron chi connectivity index (χ4n) is 4.81. The van der Waals surface area contributed by atoms with Gasteiger partial charge in [-0.15, -0.1) is 0 Å². The van der Waals surface area contributed by atoms with Crippen LogP contribution < -0.4 is 14.8 Å². The largest absolute Gasteiger partial charge is 0.486 e. The number of rotatable bonds is 4. The predicted molar refractivity (Wildman–Crippen MR) is 115 cm³/mol. The number of carbonyl (C=O) groups excluding carboxylic acids is 3. The summed E-state index contributed by atoms with van der Waals surface area (Å²) in [5.41, 5.74) is -1.24. The third kappa shape index (κ3) is 3.63. The van der Waals surface area contributed by atoms with Crippen molar-refractivity contribution >= 4 is 17.8 Å². The lowest BCUT2D eigenvalue weighted by molar-refractivity contribution is -0.139. The van der Waals surface area contributed by atoms with E-state index in [1.165, 1.54) is 6.92 Å². The number of urea groups is 1. The second-order valence-corrected chi connectivity index (χ2v) is 8.72. The fourth-order valence-corrected chi connectivity index (χ4v) is 4.81. The molecule has 0 radical (unpaired) electrons. The molecule has 3 aliphatic rings. The lowest BCUT2D eigenvalue weighted by atomic mass is 9.91. The number of nitrogens with zero attached hydrogens (tertiary/aromatic N) is 2. The Morgan fingerprint density at radius 1 is 1.12 bits per heavy atom. The molecule has 2 aromatic rings. The van der Waals surface area contributed by atoms with Gasteiger partial charge in [0, 0.05) is 12.1 Å². The van der Waals surface area contributed by atoms with E-state index in [4.69, 9.17) is 9.47 Å². The molecule has 3 heterocycles. The Bertz CT molecular complexity index is 1190. The zero-order valence-electron chi connectivity index (χ0n) is 18.5. The van der Waals surface area contributed by atoms with Gasteiger partial charge < -0.3 is 19.7 Å². The molecule has 178 valence electrons. The third-order valence-electron chi connectivity index (χ3n) is 6.56. The number of hydrogen-bond acceptors (Lipinski definition) is 5. The van der Waals surface area contributed by atoms with Crippen LogP contribution in [0.1, 0.15) is 36.9 Å². The lowest BCUT2D eigenvalue weighted by Crippen LogP contribution is -2.44. The Hall–Kier alpha value is -3.69. The molecule has 2 aromatic carbocycles.